The van der Waals surface area contributed by atoms with Crippen molar-refractivity contribution in [2.24, 2.45) is 5.92 Å². The Balaban J connectivity index is 1.95. The molecule has 4 atom stereocenters. The van der Waals surface area contributed by atoms with Crippen molar-refractivity contribution in [2.45, 2.75) is 44.9 Å². The van der Waals surface area contributed by atoms with Gasteiger partial charge in [-0.05, 0) is 26.8 Å². The molecule has 2 rings (SSSR count). The fraction of sp³-hybridized carbons (Fsp3) is 0.923. The molecule has 2 aliphatic rings. The van der Waals surface area contributed by atoms with Gasteiger partial charge in [0, 0.05) is 12.6 Å². The molecule has 2 heterocycles. The lowest BCUT2D eigenvalue weighted by Gasteiger charge is -2.31. The molecule has 0 aromatic heterocycles. The summed E-state index contributed by atoms with van der Waals surface area (Å²) in [4.78, 5) is 12.4. The smallest absolute Gasteiger partial charge is 0.227 e. The number of amides is 1. The monoisotopic (exact) mass is 256 g/mol. The minimum absolute atomic E-state index is 0.0707. The molecule has 104 valence electrons. The average Bonchev–Trinajstić information content (AvgIpc) is 2.88. The molecule has 18 heavy (non-hydrogen) atoms. The number of hydrogen-bond donors (Lipinski definition) is 2. The number of rotatable bonds is 4. The Labute approximate surface area is 109 Å². The highest BCUT2D eigenvalue weighted by Gasteiger charge is 2.42. The first-order valence-electron chi connectivity index (χ1n) is 6.81. The normalized spacial score (nSPS) is 40.1. The van der Waals surface area contributed by atoms with E-state index in [0.29, 0.717) is 13.2 Å². The quantitative estimate of drug-likeness (QED) is 0.759. The third-order valence-corrected chi connectivity index (χ3v) is 4.18. The van der Waals surface area contributed by atoms with Crippen molar-refractivity contribution in [3.05, 3.63) is 0 Å². The fourth-order valence-corrected chi connectivity index (χ4v) is 2.65. The van der Waals surface area contributed by atoms with Gasteiger partial charge < -0.3 is 20.1 Å². The molecule has 2 aliphatic heterocycles. The average molecular weight is 256 g/mol. The molecule has 5 heteroatoms. The summed E-state index contributed by atoms with van der Waals surface area (Å²) < 4.78 is 11.0. The van der Waals surface area contributed by atoms with Gasteiger partial charge in [-0.25, -0.2) is 0 Å². The molecule has 2 fully saturated rings. The number of carbonyl (C=O) groups is 1. The fourth-order valence-electron chi connectivity index (χ4n) is 2.65. The molecule has 2 saturated heterocycles. The summed E-state index contributed by atoms with van der Waals surface area (Å²) in [6.45, 7) is 8.82. The second kappa shape index (κ2) is 5.55. The summed E-state index contributed by atoms with van der Waals surface area (Å²) >= 11 is 0. The molecule has 0 aliphatic carbocycles. The second-order valence-corrected chi connectivity index (χ2v) is 5.48. The van der Waals surface area contributed by atoms with E-state index in [-0.39, 0.29) is 29.5 Å². The van der Waals surface area contributed by atoms with Gasteiger partial charge in [-0.1, -0.05) is 6.92 Å². The van der Waals surface area contributed by atoms with E-state index in [0.717, 1.165) is 19.6 Å². The van der Waals surface area contributed by atoms with Crippen LogP contribution in [0.25, 0.3) is 0 Å². The molecule has 5 nitrogen and oxygen atoms in total. The lowest BCUT2D eigenvalue weighted by atomic mass is 9.92. The predicted molar refractivity (Wildman–Crippen MR) is 68.4 cm³/mol. The van der Waals surface area contributed by atoms with Gasteiger partial charge in [0.25, 0.3) is 0 Å². The van der Waals surface area contributed by atoms with Crippen molar-refractivity contribution in [1.29, 1.82) is 0 Å². The minimum atomic E-state index is -0.240. The topological polar surface area (TPSA) is 59.6 Å². The summed E-state index contributed by atoms with van der Waals surface area (Å²) in [6.07, 6.45) is 0.945. The molecule has 0 bridgehead atoms. The summed E-state index contributed by atoms with van der Waals surface area (Å²) in [5, 5.41) is 6.46. The third kappa shape index (κ3) is 2.68. The van der Waals surface area contributed by atoms with Crippen LogP contribution in [0.4, 0.5) is 0 Å². The zero-order chi connectivity index (χ0) is 13.2. The Morgan fingerprint density at radius 1 is 1.44 bits per heavy atom. The van der Waals surface area contributed by atoms with Crippen LogP contribution in [-0.4, -0.2) is 50.0 Å². The third-order valence-electron chi connectivity index (χ3n) is 4.18. The zero-order valence-corrected chi connectivity index (χ0v) is 11.5. The highest BCUT2D eigenvalue weighted by molar-refractivity contribution is 5.80. The summed E-state index contributed by atoms with van der Waals surface area (Å²) in [5.74, 6) is -0.00660. The Morgan fingerprint density at radius 3 is 2.83 bits per heavy atom. The van der Waals surface area contributed by atoms with Crippen LogP contribution in [0.15, 0.2) is 0 Å². The SMILES string of the molecule is CCNC1COCC1C(=O)NC1(C)CCOC1C. The molecule has 0 aromatic rings. The maximum Gasteiger partial charge on any atom is 0.227 e. The van der Waals surface area contributed by atoms with Crippen LogP contribution < -0.4 is 10.6 Å². The molecule has 2 N–H and O–H groups in total. The molecule has 0 saturated carbocycles. The lowest BCUT2D eigenvalue weighted by molar-refractivity contribution is -0.127. The van der Waals surface area contributed by atoms with Gasteiger partial charge in [0.2, 0.25) is 5.91 Å². The maximum absolute atomic E-state index is 12.4. The van der Waals surface area contributed by atoms with Gasteiger partial charge in [-0.15, -0.1) is 0 Å². The van der Waals surface area contributed by atoms with E-state index in [1.54, 1.807) is 0 Å². The van der Waals surface area contributed by atoms with Gasteiger partial charge in [0.15, 0.2) is 0 Å². The maximum atomic E-state index is 12.4. The molecule has 0 radical (unpaired) electrons. The minimum Gasteiger partial charge on any atom is -0.379 e. The number of ether oxygens (including phenoxy) is 2. The molecule has 4 unspecified atom stereocenters. The van der Waals surface area contributed by atoms with Crippen LogP contribution in [0, 0.1) is 5.92 Å². The van der Waals surface area contributed by atoms with Gasteiger partial charge in [-0.2, -0.15) is 0 Å². The van der Waals surface area contributed by atoms with Gasteiger partial charge >= 0.3 is 0 Å². The van der Waals surface area contributed by atoms with Crippen LogP contribution in [0.5, 0.6) is 0 Å². The first kappa shape index (κ1) is 13.8. The molecular weight excluding hydrogens is 232 g/mol. The Hall–Kier alpha value is -0.650. The first-order chi connectivity index (χ1) is 8.57. The predicted octanol–water partition coefficient (Wildman–Crippen LogP) is 0.295. The van der Waals surface area contributed by atoms with Crippen LogP contribution in [-0.2, 0) is 14.3 Å². The van der Waals surface area contributed by atoms with Crippen molar-refractivity contribution in [3.63, 3.8) is 0 Å². The molecule has 0 aromatic carbocycles. The standard InChI is InChI=1S/C13H24N2O3/c1-4-14-11-8-17-7-10(11)12(16)15-13(3)5-6-18-9(13)2/h9-11,14H,4-8H2,1-3H3,(H,15,16). The van der Waals surface area contributed by atoms with E-state index in [4.69, 9.17) is 9.47 Å². The van der Waals surface area contributed by atoms with Crippen molar-refractivity contribution >= 4 is 5.91 Å². The lowest BCUT2D eigenvalue weighted by Crippen LogP contribution is -2.55. The zero-order valence-electron chi connectivity index (χ0n) is 11.5. The number of nitrogens with one attached hydrogen (secondary N) is 2. The number of carbonyl (C=O) groups excluding carboxylic acids is 1. The molecule has 1 amide bonds. The summed E-state index contributed by atoms with van der Waals surface area (Å²) in [6, 6.07) is 0.135. The van der Waals surface area contributed by atoms with E-state index < -0.39 is 0 Å². The molecular formula is C13H24N2O3. The Morgan fingerprint density at radius 2 is 2.22 bits per heavy atom. The van der Waals surface area contributed by atoms with E-state index in [2.05, 4.69) is 17.6 Å². The number of likely N-dealkylation sites (N-methyl/N-ethyl adjacent to an activating group) is 1. The van der Waals surface area contributed by atoms with Crippen molar-refractivity contribution in [2.75, 3.05) is 26.4 Å². The number of hydrogen-bond acceptors (Lipinski definition) is 4. The van der Waals surface area contributed by atoms with E-state index in [1.165, 1.54) is 0 Å². The van der Waals surface area contributed by atoms with E-state index in [9.17, 15) is 4.79 Å². The van der Waals surface area contributed by atoms with Crippen LogP contribution in [0.3, 0.4) is 0 Å². The highest BCUT2D eigenvalue weighted by Crippen LogP contribution is 2.26. The Bertz CT molecular complexity index is 311. The van der Waals surface area contributed by atoms with Gasteiger partial charge in [0.05, 0.1) is 30.8 Å². The highest BCUT2D eigenvalue weighted by atomic mass is 16.5. The van der Waals surface area contributed by atoms with Crippen LogP contribution >= 0.6 is 0 Å². The van der Waals surface area contributed by atoms with Crippen LogP contribution in [0.2, 0.25) is 0 Å². The second-order valence-electron chi connectivity index (χ2n) is 5.48. The summed E-state index contributed by atoms with van der Waals surface area (Å²) in [7, 11) is 0. The van der Waals surface area contributed by atoms with E-state index in [1.807, 2.05) is 13.8 Å². The van der Waals surface area contributed by atoms with Crippen LogP contribution in [0.1, 0.15) is 27.2 Å². The largest absolute Gasteiger partial charge is 0.379 e. The van der Waals surface area contributed by atoms with E-state index >= 15 is 0 Å². The van der Waals surface area contributed by atoms with Gasteiger partial charge in [-0.3, -0.25) is 4.79 Å². The first-order valence-corrected chi connectivity index (χ1v) is 6.81. The summed E-state index contributed by atoms with van der Waals surface area (Å²) in [5.41, 5.74) is -0.240. The van der Waals surface area contributed by atoms with Crippen molar-refractivity contribution in [1.82, 2.24) is 10.6 Å². The van der Waals surface area contributed by atoms with Crippen molar-refractivity contribution in [3.8, 4) is 0 Å². The Kier molecular flexibility index (Phi) is 4.25. The molecule has 0 spiro atoms. The van der Waals surface area contributed by atoms with Gasteiger partial charge in [0.1, 0.15) is 0 Å². The van der Waals surface area contributed by atoms with Crippen molar-refractivity contribution < 1.29 is 14.3 Å².